The Bertz CT molecular complexity index is 775. The summed E-state index contributed by atoms with van der Waals surface area (Å²) in [6, 6.07) is 2.10. The zero-order valence-corrected chi connectivity index (χ0v) is 16.9. The molecule has 0 fully saturated rings. The first-order chi connectivity index (χ1) is 12.1. The molecule has 1 rings (SSSR count). The van der Waals surface area contributed by atoms with Crippen molar-refractivity contribution >= 4 is 12.0 Å². The van der Waals surface area contributed by atoms with E-state index in [1.165, 1.54) is 28.3 Å². The monoisotopic (exact) mass is 354 g/mol. The first-order valence-electron chi connectivity index (χ1n) is 8.83. The predicted molar refractivity (Wildman–Crippen MR) is 110 cm³/mol. The van der Waals surface area contributed by atoms with Gasteiger partial charge in [0.1, 0.15) is 5.75 Å². The number of hydrogen-bond donors (Lipinski definition) is 1. The molecule has 0 bridgehead atoms. The summed E-state index contributed by atoms with van der Waals surface area (Å²) in [4.78, 5) is 10.6. The maximum atomic E-state index is 10.6. The lowest BCUT2D eigenvalue weighted by Crippen LogP contribution is -2.08. The molecule has 0 radical (unpaired) electrons. The largest absolute Gasteiger partial charge is 0.491 e. The van der Waals surface area contributed by atoms with Gasteiger partial charge in [0.2, 0.25) is 0 Å². The predicted octanol–water partition coefficient (Wildman–Crippen LogP) is 5.95. The first kappa shape index (κ1) is 21.5. The van der Waals surface area contributed by atoms with Gasteiger partial charge in [0.15, 0.2) is 0 Å². The molecule has 0 heterocycles. The molecule has 140 valence electrons. The van der Waals surface area contributed by atoms with Gasteiger partial charge in [0.25, 0.3) is 0 Å². The van der Waals surface area contributed by atoms with Crippen molar-refractivity contribution in [2.75, 3.05) is 0 Å². The second kappa shape index (κ2) is 9.81. The van der Waals surface area contributed by atoms with Crippen LogP contribution in [0.1, 0.15) is 49.9 Å². The van der Waals surface area contributed by atoms with Crippen LogP contribution >= 0.6 is 0 Å². The van der Waals surface area contributed by atoms with Crippen molar-refractivity contribution in [1.82, 2.24) is 0 Å². The van der Waals surface area contributed by atoms with Crippen LogP contribution in [0.4, 0.5) is 0 Å². The second-order valence-electron chi connectivity index (χ2n) is 6.85. The summed E-state index contributed by atoms with van der Waals surface area (Å²) in [5.41, 5.74) is 6.57. The van der Waals surface area contributed by atoms with Crippen LogP contribution in [0.25, 0.3) is 6.08 Å². The molecule has 0 aliphatic heterocycles. The molecule has 0 aromatic heterocycles. The van der Waals surface area contributed by atoms with Crippen molar-refractivity contribution in [3.8, 4) is 5.75 Å². The zero-order chi connectivity index (χ0) is 19.9. The van der Waals surface area contributed by atoms with E-state index >= 15 is 0 Å². The van der Waals surface area contributed by atoms with Gasteiger partial charge in [-0.1, -0.05) is 36.0 Å². The fourth-order valence-corrected chi connectivity index (χ4v) is 2.56. The van der Waals surface area contributed by atoms with Crippen LogP contribution in [0.2, 0.25) is 0 Å². The average Bonchev–Trinajstić information content (AvgIpc) is 2.51. The average molecular weight is 354 g/mol. The van der Waals surface area contributed by atoms with Crippen LogP contribution < -0.4 is 4.74 Å². The molecule has 0 saturated carbocycles. The fourth-order valence-electron chi connectivity index (χ4n) is 2.56. The Labute approximate surface area is 157 Å². The van der Waals surface area contributed by atoms with E-state index < -0.39 is 5.97 Å². The van der Waals surface area contributed by atoms with Crippen LogP contribution in [0.3, 0.4) is 0 Å². The van der Waals surface area contributed by atoms with E-state index in [9.17, 15) is 4.79 Å². The van der Waals surface area contributed by atoms with E-state index in [1.54, 1.807) is 13.0 Å². The molecule has 0 atom stereocenters. The molecule has 0 aliphatic carbocycles. The number of carboxylic acid groups (broad SMARTS) is 1. The third-order valence-electron chi connectivity index (χ3n) is 4.05. The smallest absolute Gasteiger partial charge is 0.328 e. The molecular formula is C23H30O3. The first-order valence-corrected chi connectivity index (χ1v) is 8.83. The third kappa shape index (κ3) is 6.75. The Balaban J connectivity index is 3.00. The van der Waals surface area contributed by atoms with Crippen LogP contribution in [-0.4, -0.2) is 17.2 Å². The highest BCUT2D eigenvalue weighted by Crippen LogP contribution is 2.29. The molecule has 0 unspecified atom stereocenters. The third-order valence-corrected chi connectivity index (χ3v) is 4.05. The van der Waals surface area contributed by atoms with Crippen LogP contribution in [0.5, 0.6) is 5.75 Å². The molecule has 0 spiro atoms. The fraction of sp³-hybridized carbons (Fsp3) is 0.348. The quantitative estimate of drug-likeness (QED) is 0.486. The summed E-state index contributed by atoms with van der Waals surface area (Å²) >= 11 is 0. The molecule has 26 heavy (non-hydrogen) atoms. The standard InChI is InChI=1S/C23H30O3/c1-15(2)26-22-14-18(5)21(19(6)20(22)7)12-11-16(3)9-8-10-17(4)13-23(24)25/h8-15H,1-7H3,(H,24,25). The van der Waals surface area contributed by atoms with Gasteiger partial charge in [-0.2, -0.15) is 0 Å². The normalized spacial score (nSPS) is 13.2. The minimum Gasteiger partial charge on any atom is -0.491 e. The molecule has 1 N–H and O–H groups in total. The number of aryl methyl sites for hydroxylation is 1. The number of hydrogen-bond acceptors (Lipinski definition) is 2. The van der Waals surface area contributed by atoms with Crippen molar-refractivity contribution < 1.29 is 14.6 Å². The molecule has 0 aliphatic rings. The van der Waals surface area contributed by atoms with Gasteiger partial charge in [-0.05, 0) is 82.4 Å². The number of aliphatic carboxylic acids is 1. The lowest BCUT2D eigenvalue weighted by molar-refractivity contribution is -0.131. The van der Waals surface area contributed by atoms with Crippen molar-refractivity contribution in [3.63, 3.8) is 0 Å². The Morgan fingerprint density at radius 1 is 1.08 bits per heavy atom. The summed E-state index contributed by atoms with van der Waals surface area (Å²) in [6.07, 6.45) is 11.1. The van der Waals surface area contributed by atoms with Gasteiger partial charge in [-0.3, -0.25) is 0 Å². The summed E-state index contributed by atoms with van der Waals surface area (Å²) in [7, 11) is 0. The maximum absolute atomic E-state index is 10.6. The highest BCUT2D eigenvalue weighted by atomic mass is 16.5. The van der Waals surface area contributed by atoms with Crippen molar-refractivity contribution in [2.45, 2.75) is 54.6 Å². The number of ether oxygens (including phenoxy) is 1. The van der Waals surface area contributed by atoms with Gasteiger partial charge < -0.3 is 9.84 Å². The molecule has 1 aromatic rings. The lowest BCUT2D eigenvalue weighted by Gasteiger charge is -2.17. The second-order valence-corrected chi connectivity index (χ2v) is 6.85. The van der Waals surface area contributed by atoms with Crippen LogP contribution in [0.15, 0.2) is 47.6 Å². The van der Waals surface area contributed by atoms with E-state index in [2.05, 4.69) is 39.0 Å². The molecule has 3 nitrogen and oxygen atoms in total. The SMILES string of the molecule is CC(C=Cc1c(C)cc(OC(C)C)c(C)c1C)=CC=CC(C)=CC(=O)O. The van der Waals surface area contributed by atoms with Crippen molar-refractivity contribution in [1.29, 1.82) is 0 Å². The van der Waals surface area contributed by atoms with Crippen molar-refractivity contribution in [3.05, 3.63) is 69.8 Å². The molecule has 0 amide bonds. The maximum Gasteiger partial charge on any atom is 0.328 e. The number of rotatable bonds is 7. The number of benzene rings is 1. The van der Waals surface area contributed by atoms with Gasteiger partial charge >= 0.3 is 5.97 Å². The van der Waals surface area contributed by atoms with E-state index in [1.807, 2.05) is 32.9 Å². The lowest BCUT2D eigenvalue weighted by atomic mass is 9.96. The number of carboxylic acids is 1. The van der Waals surface area contributed by atoms with E-state index in [-0.39, 0.29) is 6.10 Å². The molecule has 0 saturated heterocycles. The van der Waals surface area contributed by atoms with Crippen molar-refractivity contribution in [2.24, 2.45) is 0 Å². The molecule has 3 heteroatoms. The highest BCUT2D eigenvalue weighted by molar-refractivity contribution is 5.81. The van der Waals surface area contributed by atoms with Gasteiger partial charge in [0.05, 0.1) is 6.10 Å². The van der Waals surface area contributed by atoms with E-state index in [0.29, 0.717) is 5.57 Å². The van der Waals surface area contributed by atoms with Gasteiger partial charge in [-0.15, -0.1) is 0 Å². The van der Waals surface area contributed by atoms with E-state index in [0.717, 1.165) is 11.3 Å². The Morgan fingerprint density at radius 3 is 2.31 bits per heavy atom. The highest BCUT2D eigenvalue weighted by Gasteiger charge is 2.10. The topological polar surface area (TPSA) is 46.5 Å². The summed E-state index contributed by atoms with van der Waals surface area (Å²) in [5.74, 6) is 0.0157. The molecular weight excluding hydrogens is 324 g/mol. The Hall–Kier alpha value is -2.55. The minimum absolute atomic E-state index is 0.157. The van der Waals surface area contributed by atoms with Gasteiger partial charge in [-0.25, -0.2) is 4.79 Å². The number of allylic oxidation sites excluding steroid dienone is 6. The summed E-state index contributed by atoms with van der Waals surface area (Å²) in [6.45, 7) is 14.2. The van der Waals surface area contributed by atoms with Gasteiger partial charge in [0, 0.05) is 6.08 Å². The molecule has 1 aromatic carbocycles. The number of carbonyl (C=O) groups is 1. The minimum atomic E-state index is -0.932. The summed E-state index contributed by atoms with van der Waals surface area (Å²) < 4.78 is 5.90. The Morgan fingerprint density at radius 2 is 1.73 bits per heavy atom. The Kier molecular flexibility index (Phi) is 8.11. The summed E-state index contributed by atoms with van der Waals surface area (Å²) in [5, 5.41) is 8.70. The van der Waals surface area contributed by atoms with Crippen LogP contribution in [0, 0.1) is 20.8 Å². The zero-order valence-electron chi connectivity index (χ0n) is 16.9. The van der Waals surface area contributed by atoms with E-state index in [4.69, 9.17) is 9.84 Å². The van der Waals surface area contributed by atoms with Crippen LogP contribution in [-0.2, 0) is 4.79 Å².